The Morgan fingerprint density at radius 2 is 2.25 bits per heavy atom. The van der Waals surface area contributed by atoms with E-state index in [2.05, 4.69) is 15.6 Å². The van der Waals surface area contributed by atoms with Gasteiger partial charge in [0.1, 0.15) is 5.75 Å². The van der Waals surface area contributed by atoms with Crippen molar-refractivity contribution >= 4 is 17.3 Å². The molecule has 126 valence electrons. The first-order chi connectivity index (χ1) is 11.5. The van der Waals surface area contributed by atoms with Gasteiger partial charge in [0.25, 0.3) is 5.91 Å². The van der Waals surface area contributed by atoms with Crippen LogP contribution in [-0.2, 0) is 16.2 Å². The SMILES string of the molecule is CCn1ncc(C2=NO[C@H](C(=O)Nc3cc(C)ccc3O)C2)c1C. The molecule has 1 atom stereocenters. The predicted octanol–water partition coefficient (Wildman–Crippen LogP) is 2.36. The van der Waals surface area contributed by atoms with E-state index in [1.165, 1.54) is 0 Å². The summed E-state index contributed by atoms with van der Waals surface area (Å²) >= 11 is 0. The van der Waals surface area contributed by atoms with Gasteiger partial charge in [0.15, 0.2) is 0 Å². The van der Waals surface area contributed by atoms with Gasteiger partial charge >= 0.3 is 0 Å². The van der Waals surface area contributed by atoms with Gasteiger partial charge in [0.2, 0.25) is 6.10 Å². The fraction of sp³-hybridized carbons (Fsp3) is 0.353. The molecule has 0 bridgehead atoms. The number of phenolic OH excluding ortho intramolecular Hbond substituents is 1. The number of hydrogen-bond acceptors (Lipinski definition) is 5. The molecule has 0 saturated carbocycles. The summed E-state index contributed by atoms with van der Waals surface area (Å²) in [6.45, 7) is 6.64. The Balaban J connectivity index is 1.69. The van der Waals surface area contributed by atoms with Crippen molar-refractivity contribution in [2.75, 3.05) is 5.32 Å². The molecule has 2 N–H and O–H groups in total. The van der Waals surface area contributed by atoms with E-state index in [0.29, 0.717) is 17.8 Å². The van der Waals surface area contributed by atoms with Crippen LogP contribution >= 0.6 is 0 Å². The fourth-order valence-corrected chi connectivity index (χ4v) is 2.69. The zero-order valence-corrected chi connectivity index (χ0v) is 13.9. The second-order valence-electron chi connectivity index (χ2n) is 5.81. The Kier molecular flexibility index (Phi) is 4.24. The quantitative estimate of drug-likeness (QED) is 0.843. The van der Waals surface area contributed by atoms with E-state index < -0.39 is 6.10 Å². The first-order valence-electron chi connectivity index (χ1n) is 7.85. The maximum atomic E-state index is 12.4. The molecule has 7 nitrogen and oxygen atoms in total. The first kappa shape index (κ1) is 16.0. The number of carbonyl (C=O) groups excluding carboxylic acids is 1. The number of oxime groups is 1. The highest BCUT2D eigenvalue weighted by molar-refractivity contribution is 6.06. The minimum absolute atomic E-state index is 0.0214. The lowest BCUT2D eigenvalue weighted by molar-refractivity contribution is -0.125. The second kappa shape index (κ2) is 6.35. The zero-order chi connectivity index (χ0) is 17.3. The van der Waals surface area contributed by atoms with Gasteiger partial charge < -0.3 is 15.3 Å². The lowest BCUT2D eigenvalue weighted by Crippen LogP contribution is -2.28. The van der Waals surface area contributed by atoms with E-state index in [0.717, 1.165) is 23.4 Å². The molecule has 24 heavy (non-hydrogen) atoms. The van der Waals surface area contributed by atoms with Crippen molar-refractivity contribution in [2.24, 2.45) is 5.16 Å². The molecule has 2 aromatic rings. The smallest absolute Gasteiger partial charge is 0.268 e. The van der Waals surface area contributed by atoms with Crippen LogP contribution in [0, 0.1) is 13.8 Å². The zero-order valence-electron chi connectivity index (χ0n) is 13.9. The molecule has 1 aliphatic rings. The third kappa shape index (κ3) is 2.97. The number of benzene rings is 1. The molecule has 1 aromatic heterocycles. The van der Waals surface area contributed by atoms with Crippen molar-refractivity contribution in [2.45, 2.75) is 39.8 Å². The Morgan fingerprint density at radius 3 is 2.96 bits per heavy atom. The van der Waals surface area contributed by atoms with Crippen LogP contribution in [0.4, 0.5) is 5.69 Å². The molecule has 3 rings (SSSR count). The number of amides is 1. The van der Waals surface area contributed by atoms with Gasteiger partial charge in [-0.2, -0.15) is 5.10 Å². The molecular formula is C17H20N4O3. The van der Waals surface area contributed by atoms with Crippen LogP contribution in [0.1, 0.15) is 30.2 Å². The van der Waals surface area contributed by atoms with Crippen LogP contribution in [0.15, 0.2) is 29.6 Å². The third-order valence-electron chi connectivity index (χ3n) is 4.08. The van der Waals surface area contributed by atoms with Crippen LogP contribution in [0.3, 0.4) is 0 Å². The van der Waals surface area contributed by atoms with Crippen molar-refractivity contribution in [3.05, 3.63) is 41.2 Å². The van der Waals surface area contributed by atoms with Gasteiger partial charge in [-0.05, 0) is 38.5 Å². The van der Waals surface area contributed by atoms with E-state index >= 15 is 0 Å². The van der Waals surface area contributed by atoms with Crippen LogP contribution in [0.25, 0.3) is 0 Å². The number of aromatic nitrogens is 2. The van der Waals surface area contributed by atoms with Crippen molar-refractivity contribution in [1.82, 2.24) is 9.78 Å². The summed E-state index contributed by atoms with van der Waals surface area (Å²) in [6, 6.07) is 5.02. The number of aromatic hydroxyl groups is 1. The molecule has 1 amide bonds. The molecular weight excluding hydrogens is 308 g/mol. The van der Waals surface area contributed by atoms with Crippen molar-refractivity contribution in [3.63, 3.8) is 0 Å². The van der Waals surface area contributed by atoms with E-state index in [4.69, 9.17) is 4.84 Å². The number of phenols is 1. The largest absolute Gasteiger partial charge is 0.506 e. The third-order valence-corrected chi connectivity index (χ3v) is 4.08. The normalized spacial score (nSPS) is 16.6. The molecule has 0 fully saturated rings. The Bertz CT molecular complexity index is 810. The number of rotatable bonds is 4. The highest BCUT2D eigenvalue weighted by Crippen LogP contribution is 2.26. The Morgan fingerprint density at radius 1 is 1.46 bits per heavy atom. The average molecular weight is 328 g/mol. The van der Waals surface area contributed by atoms with Crippen LogP contribution < -0.4 is 5.32 Å². The van der Waals surface area contributed by atoms with Gasteiger partial charge in [-0.3, -0.25) is 9.48 Å². The minimum atomic E-state index is -0.718. The van der Waals surface area contributed by atoms with Crippen molar-refractivity contribution < 1.29 is 14.7 Å². The molecule has 0 saturated heterocycles. The molecule has 0 radical (unpaired) electrons. The lowest BCUT2D eigenvalue weighted by atomic mass is 10.1. The maximum absolute atomic E-state index is 12.4. The molecule has 1 aliphatic heterocycles. The van der Waals surface area contributed by atoms with Crippen molar-refractivity contribution in [1.29, 1.82) is 0 Å². The summed E-state index contributed by atoms with van der Waals surface area (Å²) in [4.78, 5) is 17.6. The summed E-state index contributed by atoms with van der Waals surface area (Å²) in [7, 11) is 0. The lowest BCUT2D eigenvalue weighted by Gasteiger charge is -2.11. The van der Waals surface area contributed by atoms with Gasteiger partial charge in [-0.25, -0.2) is 0 Å². The Hall–Kier alpha value is -2.83. The number of hydrogen-bond donors (Lipinski definition) is 2. The van der Waals surface area contributed by atoms with Gasteiger partial charge in [0, 0.05) is 24.2 Å². The molecule has 7 heteroatoms. The monoisotopic (exact) mass is 328 g/mol. The summed E-state index contributed by atoms with van der Waals surface area (Å²) in [5.74, 6) is -0.316. The highest BCUT2D eigenvalue weighted by Gasteiger charge is 2.30. The fourth-order valence-electron chi connectivity index (χ4n) is 2.69. The minimum Gasteiger partial charge on any atom is -0.506 e. The summed E-state index contributed by atoms with van der Waals surface area (Å²) in [5, 5.41) is 20.8. The van der Waals surface area contributed by atoms with Gasteiger partial charge in [0.05, 0.1) is 17.6 Å². The van der Waals surface area contributed by atoms with Crippen molar-refractivity contribution in [3.8, 4) is 5.75 Å². The molecule has 0 unspecified atom stereocenters. The molecule has 2 heterocycles. The van der Waals surface area contributed by atoms with Gasteiger partial charge in [-0.15, -0.1) is 0 Å². The predicted molar refractivity (Wildman–Crippen MR) is 90.1 cm³/mol. The van der Waals surface area contributed by atoms with Gasteiger partial charge in [-0.1, -0.05) is 11.2 Å². The highest BCUT2D eigenvalue weighted by atomic mass is 16.6. The molecule has 0 aliphatic carbocycles. The number of nitrogens with zero attached hydrogens (tertiary/aromatic N) is 3. The Labute approximate surface area is 139 Å². The van der Waals surface area contributed by atoms with Crippen LogP contribution in [0.2, 0.25) is 0 Å². The van der Waals surface area contributed by atoms with Crippen LogP contribution in [0.5, 0.6) is 5.75 Å². The number of aryl methyl sites for hydroxylation is 2. The topological polar surface area (TPSA) is 88.7 Å². The number of carbonyl (C=O) groups is 1. The van der Waals surface area contributed by atoms with E-state index in [9.17, 15) is 9.90 Å². The summed E-state index contributed by atoms with van der Waals surface area (Å²) in [6.07, 6.45) is 1.40. The van der Waals surface area contributed by atoms with Crippen LogP contribution in [-0.4, -0.2) is 32.6 Å². The number of anilines is 1. The first-order valence-corrected chi connectivity index (χ1v) is 7.85. The number of nitrogens with one attached hydrogen (secondary N) is 1. The molecule has 1 aromatic carbocycles. The summed E-state index contributed by atoms with van der Waals surface area (Å²) in [5.41, 5.74) is 3.91. The standard InChI is InChI=1S/C17H20N4O3/c1-4-21-11(3)12(9-18-21)13-8-16(24-20-13)17(23)19-14-7-10(2)5-6-15(14)22/h5-7,9,16,22H,4,8H2,1-3H3,(H,19,23)/t16-/m0/s1. The van der Waals surface area contributed by atoms with E-state index in [-0.39, 0.29) is 11.7 Å². The molecule has 0 spiro atoms. The summed E-state index contributed by atoms with van der Waals surface area (Å²) < 4.78 is 1.87. The average Bonchev–Trinajstić information content (AvgIpc) is 3.17. The second-order valence-corrected chi connectivity index (χ2v) is 5.81. The van der Waals surface area contributed by atoms with E-state index in [1.54, 1.807) is 24.4 Å². The maximum Gasteiger partial charge on any atom is 0.268 e. The van der Waals surface area contributed by atoms with E-state index in [1.807, 2.05) is 25.5 Å².